The van der Waals surface area contributed by atoms with Gasteiger partial charge in [0.1, 0.15) is 17.5 Å². The highest BCUT2D eigenvalue weighted by Gasteiger charge is 2.40. The molecule has 0 N–H and O–H groups in total. The first-order valence-corrected chi connectivity index (χ1v) is 11.7. The molecule has 2 amide bonds. The van der Waals surface area contributed by atoms with E-state index in [1.165, 1.54) is 0 Å². The highest BCUT2D eigenvalue weighted by molar-refractivity contribution is 6.06. The van der Waals surface area contributed by atoms with E-state index in [1.54, 1.807) is 16.0 Å². The van der Waals surface area contributed by atoms with Crippen LogP contribution in [0.5, 0.6) is 0 Å². The fraction of sp³-hybridized carbons (Fsp3) is 0.321. The van der Waals surface area contributed by atoms with E-state index in [-0.39, 0.29) is 5.91 Å². The molecule has 1 aliphatic rings. The van der Waals surface area contributed by atoms with Crippen LogP contribution in [0, 0.1) is 6.92 Å². The smallest absolute Gasteiger partial charge is 0.410 e. The largest absolute Gasteiger partial charge is 0.444 e. The first-order valence-electron chi connectivity index (χ1n) is 11.7. The third kappa shape index (κ3) is 5.11. The van der Waals surface area contributed by atoms with Gasteiger partial charge in [0.05, 0.1) is 5.69 Å². The Bertz CT molecular complexity index is 1160. The normalized spacial score (nSPS) is 15.8. The van der Waals surface area contributed by atoms with Crippen LogP contribution >= 0.6 is 0 Å². The number of hydrogen-bond acceptors (Lipinski definition) is 4. The number of hydrogen-bond donors (Lipinski definition) is 0. The predicted molar refractivity (Wildman–Crippen MR) is 134 cm³/mol. The summed E-state index contributed by atoms with van der Waals surface area (Å²) in [7, 11) is 0. The van der Waals surface area contributed by atoms with Gasteiger partial charge in [-0.15, -0.1) is 0 Å². The van der Waals surface area contributed by atoms with E-state index in [2.05, 4.69) is 11.1 Å². The third-order valence-electron chi connectivity index (χ3n) is 5.74. The molecule has 0 spiro atoms. The number of aromatic nitrogens is 1. The highest BCUT2D eigenvalue weighted by Crippen LogP contribution is 2.37. The first-order chi connectivity index (χ1) is 16.2. The molecule has 0 radical (unpaired) electrons. The average molecular weight is 458 g/mol. The molecule has 1 atom stereocenters. The minimum absolute atomic E-state index is 0.192. The highest BCUT2D eigenvalue weighted by atomic mass is 16.6. The SMILES string of the molecule is Cc1ccc(N(C(=O)C2CCCN2C(=O)OC(C)(C)C)c2ccccn2)c(-c2ccccc2)c1. The summed E-state index contributed by atoms with van der Waals surface area (Å²) in [5.74, 6) is 0.327. The lowest BCUT2D eigenvalue weighted by molar-refractivity contribution is -0.122. The van der Waals surface area contributed by atoms with Crippen molar-refractivity contribution in [2.45, 2.75) is 52.2 Å². The number of amides is 2. The Morgan fingerprint density at radius 3 is 2.44 bits per heavy atom. The fourth-order valence-electron chi connectivity index (χ4n) is 4.25. The van der Waals surface area contributed by atoms with Crippen LogP contribution < -0.4 is 4.90 Å². The van der Waals surface area contributed by atoms with E-state index in [9.17, 15) is 9.59 Å². The Morgan fingerprint density at radius 1 is 1.03 bits per heavy atom. The number of carbonyl (C=O) groups is 2. The summed E-state index contributed by atoms with van der Waals surface area (Å²) in [6.07, 6.45) is 2.53. The molecule has 2 aromatic carbocycles. The Hall–Kier alpha value is -3.67. The molecule has 0 saturated carbocycles. The van der Waals surface area contributed by atoms with Crippen molar-refractivity contribution in [1.29, 1.82) is 0 Å². The minimum atomic E-state index is -0.634. The molecule has 6 nitrogen and oxygen atoms in total. The van der Waals surface area contributed by atoms with Gasteiger partial charge in [-0.05, 0) is 70.4 Å². The zero-order valence-electron chi connectivity index (χ0n) is 20.2. The number of pyridine rings is 1. The molecule has 1 unspecified atom stereocenters. The summed E-state index contributed by atoms with van der Waals surface area (Å²) in [4.78, 5) is 34.8. The lowest BCUT2D eigenvalue weighted by Gasteiger charge is -2.32. The number of carbonyl (C=O) groups excluding carboxylic acids is 2. The van der Waals surface area contributed by atoms with Gasteiger partial charge in [0, 0.05) is 18.3 Å². The van der Waals surface area contributed by atoms with Gasteiger partial charge >= 0.3 is 6.09 Å². The zero-order valence-corrected chi connectivity index (χ0v) is 20.2. The maximum absolute atomic E-state index is 14.1. The van der Waals surface area contributed by atoms with Gasteiger partial charge in [0.15, 0.2) is 0 Å². The molecule has 2 heterocycles. The molecule has 1 aliphatic heterocycles. The number of nitrogens with zero attached hydrogens (tertiary/aromatic N) is 3. The van der Waals surface area contributed by atoms with Crippen LogP contribution in [0.3, 0.4) is 0 Å². The number of aryl methyl sites for hydroxylation is 1. The van der Waals surface area contributed by atoms with Gasteiger partial charge in [-0.3, -0.25) is 14.6 Å². The zero-order chi connectivity index (χ0) is 24.3. The maximum atomic E-state index is 14.1. The topological polar surface area (TPSA) is 62.7 Å². The predicted octanol–water partition coefficient (Wildman–Crippen LogP) is 6.12. The van der Waals surface area contributed by atoms with Gasteiger partial charge in [-0.1, -0.05) is 48.0 Å². The molecule has 34 heavy (non-hydrogen) atoms. The summed E-state index contributed by atoms with van der Waals surface area (Å²) >= 11 is 0. The van der Waals surface area contributed by atoms with Crippen molar-refractivity contribution in [2.75, 3.05) is 11.4 Å². The van der Waals surface area contributed by atoms with Crippen LogP contribution in [0.4, 0.5) is 16.3 Å². The van der Waals surface area contributed by atoms with E-state index < -0.39 is 17.7 Å². The van der Waals surface area contributed by atoms with Crippen molar-refractivity contribution >= 4 is 23.5 Å². The molecule has 1 fully saturated rings. The summed E-state index contributed by atoms with van der Waals surface area (Å²) in [6.45, 7) is 8.01. The maximum Gasteiger partial charge on any atom is 0.410 e. The summed E-state index contributed by atoms with van der Waals surface area (Å²) in [6, 6.07) is 20.9. The van der Waals surface area contributed by atoms with Crippen molar-refractivity contribution < 1.29 is 14.3 Å². The quantitative estimate of drug-likeness (QED) is 0.473. The Balaban J connectivity index is 1.79. The van der Waals surface area contributed by atoms with Gasteiger partial charge in [-0.2, -0.15) is 0 Å². The second-order valence-corrected chi connectivity index (χ2v) is 9.58. The molecule has 6 heteroatoms. The third-order valence-corrected chi connectivity index (χ3v) is 5.74. The second kappa shape index (κ2) is 9.67. The summed E-state index contributed by atoms with van der Waals surface area (Å²) in [5.41, 5.74) is 3.13. The summed E-state index contributed by atoms with van der Waals surface area (Å²) < 4.78 is 5.60. The number of rotatable bonds is 4. The fourth-order valence-corrected chi connectivity index (χ4v) is 4.25. The van der Waals surface area contributed by atoms with E-state index >= 15 is 0 Å². The number of likely N-dealkylation sites (tertiary alicyclic amines) is 1. The number of anilines is 2. The van der Waals surface area contributed by atoms with Crippen molar-refractivity contribution in [3.8, 4) is 11.1 Å². The lowest BCUT2D eigenvalue weighted by atomic mass is 10.00. The van der Waals surface area contributed by atoms with Gasteiger partial charge in [-0.25, -0.2) is 9.78 Å². The van der Waals surface area contributed by atoms with E-state index in [0.717, 1.165) is 28.8 Å². The van der Waals surface area contributed by atoms with Crippen molar-refractivity contribution in [3.05, 3.63) is 78.5 Å². The van der Waals surface area contributed by atoms with Crippen LogP contribution in [0.2, 0.25) is 0 Å². The van der Waals surface area contributed by atoms with E-state index in [0.29, 0.717) is 18.8 Å². The molecule has 1 saturated heterocycles. The Morgan fingerprint density at radius 2 is 1.76 bits per heavy atom. The standard InChI is InChI=1S/C28H31N3O3/c1-20-15-16-23(22(19-20)21-11-6-5-7-12-21)31(25-14-8-9-17-29-25)26(32)24-13-10-18-30(24)27(33)34-28(2,3)4/h5-9,11-12,14-17,19,24H,10,13,18H2,1-4H3. The second-order valence-electron chi connectivity index (χ2n) is 9.58. The van der Waals surface area contributed by atoms with Crippen molar-refractivity contribution in [2.24, 2.45) is 0 Å². The van der Waals surface area contributed by atoms with Crippen LogP contribution in [0.25, 0.3) is 11.1 Å². The average Bonchev–Trinajstić information content (AvgIpc) is 3.31. The molecule has 4 rings (SSSR count). The minimum Gasteiger partial charge on any atom is -0.444 e. The molecular weight excluding hydrogens is 426 g/mol. The summed E-state index contributed by atoms with van der Waals surface area (Å²) in [5, 5.41) is 0. The van der Waals surface area contributed by atoms with Crippen LogP contribution in [0.15, 0.2) is 72.9 Å². The molecule has 1 aromatic heterocycles. The molecule has 0 aliphatic carbocycles. The van der Waals surface area contributed by atoms with Gasteiger partial charge in [0.2, 0.25) is 0 Å². The van der Waals surface area contributed by atoms with Gasteiger partial charge < -0.3 is 4.74 Å². The molecule has 176 valence electrons. The lowest BCUT2D eigenvalue weighted by Crippen LogP contribution is -2.48. The van der Waals surface area contributed by atoms with E-state index in [1.807, 2.05) is 88.4 Å². The number of benzene rings is 2. The van der Waals surface area contributed by atoms with E-state index in [4.69, 9.17) is 4.74 Å². The van der Waals surface area contributed by atoms with Crippen LogP contribution in [-0.4, -0.2) is 40.1 Å². The van der Waals surface area contributed by atoms with Crippen molar-refractivity contribution in [3.63, 3.8) is 0 Å². The number of ether oxygens (including phenoxy) is 1. The Kier molecular flexibility index (Phi) is 6.68. The van der Waals surface area contributed by atoms with Gasteiger partial charge in [0.25, 0.3) is 5.91 Å². The molecular formula is C28H31N3O3. The molecule has 3 aromatic rings. The molecule has 0 bridgehead atoms. The van der Waals surface area contributed by atoms with Crippen LogP contribution in [0.1, 0.15) is 39.2 Å². The first kappa shape index (κ1) is 23.5. The Labute approximate surface area is 201 Å². The van der Waals surface area contributed by atoms with Crippen LogP contribution in [-0.2, 0) is 9.53 Å². The van der Waals surface area contributed by atoms with Crippen molar-refractivity contribution in [1.82, 2.24) is 9.88 Å². The monoisotopic (exact) mass is 457 g/mol.